The Kier molecular flexibility index (Phi) is 8.33. The smallest absolute Gasteiger partial charge is 0.253 e. The second-order valence-electron chi connectivity index (χ2n) is 7.73. The van der Waals surface area contributed by atoms with Gasteiger partial charge in [-0.3, -0.25) is 14.5 Å². The van der Waals surface area contributed by atoms with Crippen molar-refractivity contribution in [2.24, 2.45) is 5.92 Å². The molecule has 2 saturated heterocycles. The summed E-state index contributed by atoms with van der Waals surface area (Å²) < 4.78 is 15.9. The molecule has 2 fully saturated rings. The number of methoxy groups -OCH3 is 2. The Morgan fingerprint density at radius 1 is 1.07 bits per heavy atom. The summed E-state index contributed by atoms with van der Waals surface area (Å²) >= 11 is 0. The van der Waals surface area contributed by atoms with Gasteiger partial charge in [-0.2, -0.15) is 0 Å². The standard InChI is InChI=1S/C22H33N3O5/c1-28-19-5-4-18(16-20(19)29-2)22(27)25-10-6-17(7-11-25)21(26)23-8-3-9-24-12-14-30-15-13-24/h4-5,16-17H,3,6-15H2,1-2H3,(H,23,26). The highest BCUT2D eigenvalue weighted by atomic mass is 16.5. The van der Waals surface area contributed by atoms with Crippen LogP contribution in [0.5, 0.6) is 11.5 Å². The first-order chi connectivity index (χ1) is 14.6. The lowest BCUT2D eigenvalue weighted by molar-refractivity contribution is -0.126. The molecule has 0 aliphatic carbocycles. The third-order valence-corrected chi connectivity index (χ3v) is 5.84. The van der Waals surface area contributed by atoms with Crippen molar-refractivity contribution in [1.29, 1.82) is 0 Å². The van der Waals surface area contributed by atoms with E-state index in [0.29, 0.717) is 49.5 Å². The van der Waals surface area contributed by atoms with Crippen molar-refractivity contribution in [3.63, 3.8) is 0 Å². The lowest BCUT2D eigenvalue weighted by Crippen LogP contribution is -2.43. The third kappa shape index (κ3) is 5.86. The number of morpholine rings is 1. The van der Waals surface area contributed by atoms with E-state index in [9.17, 15) is 9.59 Å². The largest absolute Gasteiger partial charge is 0.493 e. The molecule has 3 rings (SSSR count). The van der Waals surface area contributed by atoms with Crippen LogP contribution in [0.15, 0.2) is 18.2 Å². The molecule has 166 valence electrons. The molecule has 30 heavy (non-hydrogen) atoms. The van der Waals surface area contributed by atoms with Gasteiger partial charge in [0.05, 0.1) is 27.4 Å². The molecule has 0 saturated carbocycles. The van der Waals surface area contributed by atoms with Crippen molar-refractivity contribution < 1.29 is 23.8 Å². The van der Waals surface area contributed by atoms with Gasteiger partial charge in [-0.1, -0.05) is 0 Å². The Morgan fingerprint density at radius 2 is 1.77 bits per heavy atom. The Morgan fingerprint density at radius 3 is 2.43 bits per heavy atom. The molecule has 0 unspecified atom stereocenters. The molecule has 2 heterocycles. The number of amides is 2. The maximum Gasteiger partial charge on any atom is 0.253 e. The molecule has 0 bridgehead atoms. The van der Waals surface area contributed by atoms with Crippen LogP contribution in [0.2, 0.25) is 0 Å². The zero-order chi connectivity index (χ0) is 21.3. The molecule has 2 amide bonds. The molecule has 1 aromatic carbocycles. The van der Waals surface area contributed by atoms with Gasteiger partial charge in [0.25, 0.3) is 5.91 Å². The summed E-state index contributed by atoms with van der Waals surface area (Å²) in [5.74, 6) is 1.17. The normalized spacial score (nSPS) is 18.1. The molecule has 0 spiro atoms. The number of nitrogens with one attached hydrogen (secondary N) is 1. The van der Waals surface area contributed by atoms with E-state index in [2.05, 4.69) is 10.2 Å². The van der Waals surface area contributed by atoms with Crippen LogP contribution >= 0.6 is 0 Å². The van der Waals surface area contributed by atoms with Crippen LogP contribution in [-0.4, -0.2) is 88.3 Å². The van der Waals surface area contributed by atoms with Crippen molar-refractivity contribution in [3.8, 4) is 11.5 Å². The first-order valence-electron chi connectivity index (χ1n) is 10.7. The van der Waals surface area contributed by atoms with Crippen LogP contribution in [0.4, 0.5) is 0 Å². The number of carbonyl (C=O) groups is 2. The number of benzene rings is 1. The Labute approximate surface area is 178 Å². The summed E-state index contributed by atoms with van der Waals surface area (Å²) in [6.07, 6.45) is 2.32. The molecular weight excluding hydrogens is 386 g/mol. The average molecular weight is 420 g/mol. The van der Waals surface area contributed by atoms with Crippen LogP contribution in [0.25, 0.3) is 0 Å². The summed E-state index contributed by atoms with van der Waals surface area (Å²) in [5.41, 5.74) is 0.568. The first-order valence-corrected chi connectivity index (χ1v) is 10.7. The van der Waals surface area contributed by atoms with Gasteiger partial charge < -0.3 is 24.4 Å². The predicted octanol–water partition coefficient (Wildman–Crippen LogP) is 1.39. The summed E-state index contributed by atoms with van der Waals surface area (Å²) in [6.45, 7) is 6.39. The van der Waals surface area contributed by atoms with E-state index < -0.39 is 0 Å². The molecule has 2 aliphatic rings. The van der Waals surface area contributed by atoms with E-state index in [-0.39, 0.29) is 17.7 Å². The van der Waals surface area contributed by atoms with E-state index in [4.69, 9.17) is 14.2 Å². The fourth-order valence-electron chi connectivity index (χ4n) is 3.98. The fraction of sp³-hybridized carbons (Fsp3) is 0.636. The van der Waals surface area contributed by atoms with Crippen molar-refractivity contribution in [2.45, 2.75) is 19.3 Å². The Hall–Kier alpha value is -2.32. The summed E-state index contributed by atoms with van der Waals surface area (Å²) in [7, 11) is 3.12. The number of carbonyl (C=O) groups excluding carboxylic acids is 2. The number of rotatable bonds is 8. The minimum atomic E-state index is -0.0414. The fourth-order valence-corrected chi connectivity index (χ4v) is 3.98. The minimum Gasteiger partial charge on any atom is -0.493 e. The van der Waals surface area contributed by atoms with Crippen LogP contribution in [0.1, 0.15) is 29.6 Å². The zero-order valence-corrected chi connectivity index (χ0v) is 18.0. The summed E-state index contributed by atoms with van der Waals surface area (Å²) in [6, 6.07) is 5.19. The molecule has 0 atom stereocenters. The van der Waals surface area contributed by atoms with Gasteiger partial charge in [-0.05, 0) is 44.0 Å². The second-order valence-corrected chi connectivity index (χ2v) is 7.73. The molecule has 0 aromatic heterocycles. The van der Waals surface area contributed by atoms with Crippen molar-refractivity contribution >= 4 is 11.8 Å². The molecule has 2 aliphatic heterocycles. The van der Waals surface area contributed by atoms with Gasteiger partial charge in [-0.15, -0.1) is 0 Å². The van der Waals surface area contributed by atoms with Crippen LogP contribution in [0.3, 0.4) is 0 Å². The van der Waals surface area contributed by atoms with Gasteiger partial charge in [0.15, 0.2) is 11.5 Å². The van der Waals surface area contributed by atoms with Crippen molar-refractivity contribution in [1.82, 2.24) is 15.1 Å². The average Bonchev–Trinajstić information content (AvgIpc) is 2.81. The monoisotopic (exact) mass is 419 g/mol. The second kappa shape index (κ2) is 11.2. The van der Waals surface area contributed by atoms with E-state index in [1.807, 2.05) is 4.90 Å². The number of ether oxygens (including phenoxy) is 3. The van der Waals surface area contributed by atoms with E-state index in [0.717, 1.165) is 39.3 Å². The summed E-state index contributed by atoms with van der Waals surface area (Å²) in [4.78, 5) is 29.5. The first kappa shape index (κ1) is 22.4. The predicted molar refractivity (Wildman–Crippen MR) is 113 cm³/mol. The topological polar surface area (TPSA) is 80.3 Å². The van der Waals surface area contributed by atoms with Gasteiger partial charge in [0, 0.05) is 44.2 Å². The van der Waals surface area contributed by atoms with Gasteiger partial charge >= 0.3 is 0 Å². The highest BCUT2D eigenvalue weighted by molar-refractivity contribution is 5.95. The third-order valence-electron chi connectivity index (χ3n) is 5.84. The van der Waals surface area contributed by atoms with E-state index >= 15 is 0 Å². The highest BCUT2D eigenvalue weighted by Gasteiger charge is 2.28. The maximum absolute atomic E-state index is 12.8. The molecule has 8 heteroatoms. The zero-order valence-electron chi connectivity index (χ0n) is 18.0. The molecule has 0 radical (unpaired) electrons. The molecule has 8 nitrogen and oxygen atoms in total. The minimum absolute atomic E-state index is 0.0251. The number of hydrogen-bond donors (Lipinski definition) is 1. The quantitative estimate of drug-likeness (QED) is 0.642. The molecule has 1 N–H and O–H groups in total. The van der Waals surface area contributed by atoms with E-state index in [1.54, 1.807) is 32.4 Å². The number of likely N-dealkylation sites (tertiary alicyclic amines) is 1. The Balaban J connectivity index is 1.40. The highest BCUT2D eigenvalue weighted by Crippen LogP contribution is 2.28. The van der Waals surface area contributed by atoms with Gasteiger partial charge in [0.1, 0.15) is 0 Å². The van der Waals surface area contributed by atoms with E-state index in [1.165, 1.54) is 0 Å². The lowest BCUT2D eigenvalue weighted by Gasteiger charge is -2.31. The van der Waals surface area contributed by atoms with Crippen molar-refractivity contribution in [3.05, 3.63) is 23.8 Å². The SMILES string of the molecule is COc1ccc(C(=O)N2CCC(C(=O)NCCCN3CCOCC3)CC2)cc1OC. The lowest BCUT2D eigenvalue weighted by atomic mass is 9.95. The molecular formula is C22H33N3O5. The Bertz CT molecular complexity index is 713. The van der Waals surface area contributed by atoms with Crippen molar-refractivity contribution in [2.75, 3.05) is 66.7 Å². The van der Waals surface area contributed by atoms with Crippen LogP contribution in [0, 0.1) is 5.92 Å². The van der Waals surface area contributed by atoms with Crippen LogP contribution < -0.4 is 14.8 Å². The maximum atomic E-state index is 12.8. The number of nitrogens with zero attached hydrogens (tertiary/aromatic N) is 2. The summed E-state index contributed by atoms with van der Waals surface area (Å²) in [5, 5.41) is 3.06. The number of hydrogen-bond acceptors (Lipinski definition) is 6. The molecule has 1 aromatic rings. The van der Waals surface area contributed by atoms with Crippen LogP contribution in [-0.2, 0) is 9.53 Å². The number of piperidine rings is 1. The van der Waals surface area contributed by atoms with Gasteiger partial charge in [0.2, 0.25) is 5.91 Å². The van der Waals surface area contributed by atoms with Gasteiger partial charge in [-0.25, -0.2) is 0 Å².